The van der Waals surface area contributed by atoms with Gasteiger partial charge >= 0.3 is 0 Å². The molecule has 1 saturated carbocycles. The summed E-state index contributed by atoms with van der Waals surface area (Å²) in [4.78, 5) is 8.98. The van der Waals surface area contributed by atoms with Crippen LogP contribution in [0.15, 0.2) is 6.07 Å². The van der Waals surface area contributed by atoms with Gasteiger partial charge in [-0.25, -0.2) is 4.98 Å². The van der Waals surface area contributed by atoms with Crippen LogP contribution in [0.3, 0.4) is 0 Å². The number of anilines is 2. The average molecular weight is 294 g/mol. The van der Waals surface area contributed by atoms with E-state index in [0.717, 1.165) is 37.0 Å². The highest BCUT2D eigenvalue weighted by molar-refractivity contribution is 8.00. The Kier molecular flexibility index (Phi) is 5.52. The number of thioether (sulfide) groups is 1. The maximum Gasteiger partial charge on any atom is 0.224 e. The number of aromatic nitrogens is 2. The molecule has 0 amide bonds. The van der Waals surface area contributed by atoms with Gasteiger partial charge in [-0.3, -0.25) is 0 Å². The predicted molar refractivity (Wildman–Crippen MR) is 88.8 cm³/mol. The van der Waals surface area contributed by atoms with E-state index >= 15 is 0 Å². The van der Waals surface area contributed by atoms with Crippen LogP contribution in [-0.2, 0) is 0 Å². The van der Waals surface area contributed by atoms with Gasteiger partial charge in [0.05, 0.1) is 0 Å². The minimum atomic E-state index is 0.399. The van der Waals surface area contributed by atoms with Gasteiger partial charge in [0.25, 0.3) is 0 Å². The van der Waals surface area contributed by atoms with Crippen LogP contribution < -0.4 is 10.6 Å². The Hall–Kier alpha value is -0.970. The first-order valence-electron chi connectivity index (χ1n) is 7.56. The first kappa shape index (κ1) is 15.4. The Balaban J connectivity index is 1.99. The van der Waals surface area contributed by atoms with Crippen molar-refractivity contribution in [3.8, 4) is 0 Å². The minimum Gasteiger partial charge on any atom is -0.369 e. The summed E-state index contributed by atoms with van der Waals surface area (Å²) in [5.74, 6) is 1.68. The topological polar surface area (TPSA) is 49.8 Å². The van der Waals surface area contributed by atoms with E-state index in [2.05, 4.69) is 33.8 Å². The lowest BCUT2D eigenvalue weighted by atomic mass is 10.1. The van der Waals surface area contributed by atoms with E-state index in [-0.39, 0.29) is 0 Å². The fraction of sp³-hybridized carbons (Fsp3) is 0.733. The molecule has 112 valence electrons. The molecule has 5 heteroatoms. The van der Waals surface area contributed by atoms with E-state index in [4.69, 9.17) is 0 Å². The number of nitrogens with zero attached hydrogens (tertiary/aromatic N) is 2. The van der Waals surface area contributed by atoms with Crippen molar-refractivity contribution >= 4 is 23.5 Å². The van der Waals surface area contributed by atoms with Crippen LogP contribution in [0.1, 0.15) is 44.7 Å². The van der Waals surface area contributed by atoms with Crippen LogP contribution in [0.5, 0.6) is 0 Å². The summed E-state index contributed by atoms with van der Waals surface area (Å²) in [7, 11) is 0. The van der Waals surface area contributed by atoms with Gasteiger partial charge in [0.2, 0.25) is 5.95 Å². The molecule has 2 N–H and O–H groups in total. The lowest BCUT2D eigenvalue weighted by Crippen LogP contribution is -2.30. The smallest absolute Gasteiger partial charge is 0.224 e. The summed E-state index contributed by atoms with van der Waals surface area (Å²) in [5, 5.41) is 6.78. The van der Waals surface area contributed by atoms with E-state index in [1.807, 2.05) is 24.8 Å². The molecule has 20 heavy (non-hydrogen) atoms. The predicted octanol–water partition coefficient (Wildman–Crippen LogP) is 3.69. The van der Waals surface area contributed by atoms with Crippen LogP contribution in [0.4, 0.5) is 11.8 Å². The molecule has 2 rings (SSSR count). The molecule has 0 bridgehead atoms. The van der Waals surface area contributed by atoms with Crippen molar-refractivity contribution < 1.29 is 0 Å². The van der Waals surface area contributed by atoms with Gasteiger partial charge in [0.1, 0.15) is 5.82 Å². The highest BCUT2D eigenvalue weighted by Crippen LogP contribution is 2.40. The summed E-state index contributed by atoms with van der Waals surface area (Å²) in [5.41, 5.74) is 1.01. The molecule has 0 radical (unpaired) electrons. The lowest BCUT2D eigenvalue weighted by Gasteiger charge is -2.27. The van der Waals surface area contributed by atoms with Gasteiger partial charge in [-0.15, -0.1) is 0 Å². The Morgan fingerprint density at radius 3 is 2.65 bits per heavy atom. The number of hydrogen-bond acceptors (Lipinski definition) is 5. The van der Waals surface area contributed by atoms with Crippen molar-refractivity contribution in [3.05, 3.63) is 11.8 Å². The van der Waals surface area contributed by atoms with E-state index in [1.165, 1.54) is 25.7 Å². The molecule has 0 aliphatic heterocycles. The third kappa shape index (κ3) is 4.01. The van der Waals surface area contributed by atoms with Gasteiger partial charge < -0.3 is 10.6 Å². The number of rotatable bonds is 7. The highest BCUT2D eigenvalue weighted by atomic mass is 32.2. The van der Waals surface area contributed by atoms with Crippen molar-refractivity contribution in [1.82, 2.24) is 9.97 Å². The molecule has 0 saturated heterocycles. The van der Waals surface area contributed by atoms with Gasteiger partial charge in [-0.05, 0) is 32.4 Å². The molecule has 0 spiro atoms. The van der Waals surface area contributed by atoms with Crippen LogP contribution in [0.2, 0.25) is 0 Å². The SMILES string of the molecule is CCCNc1nc(C)cc(NCC2(SC)CCCC2)n1. The molecule has 1 aromatic heterocycles. The molecular weight excluding hydrogens is 268 g/mol. The van der Waals surface area contributed by atoms with Crippen LogP contribution in [-0.4, -0.2) is 34.1 Å². The Morgan fingerprint density at radius 2 is 2.00 bits per heavy atom. The zero-order chi connectivity index (χ0) is 14.4. The Labute approximate surface area is 126 Å². The molecule has 1 aliphatic carbocycles. The van der Waals surface area contributed by atoms with Crippen LogP contribution >= 0.6 is 11.8 Å². The molecule has 1 aromatic rings. The average Bonchev–Trinajstić information content (AvgIpc) is 2.92. The molecule has 1 aliphatic rings. The molecule has 0 aromatic carbocycles. The summed E-state index contributed by atoms with van der Waals surface area (Å²) in [6.07, 6.45) is 8.64. The maximum atomic E-state index is 4.55. The first-order valence-corrected chi connectivity index (χ1v) is 8.78. The third-order valence-corrected chi connectivity index (χ3v) is 5.35. The molecule has 1 fully saturated rings. The molecule has 0 atom stereocenters. The van der Waals surface area contributed by atoms with Crippen LogP contribution in [0, 0.1) is 6.92 Å². The van der Waals surface area contributed by atoms with E-state index in [0.29, 0.717) is 4.75 Å². The van der Waals surface area contributed by atoms with Gasteiger partial charge in [0.15, 0.2) is 0 Å². The highest BCUT2D eigenvalue weighted by Gasteiger charge is 2.32. The minimum absolute atomic E-state index is 0.399. The number of aryl methyl sites for hydroxylation is 1. The van der Waals surface area contributed by atoms with Crippen molar-refractivity contribution in [2.75, 3.05) is 30.0 Å². The number of hydrogen-bond donors (Lipinski definition) is 2. The molecule has 0 unspecified atom stereocenters. The van der Waals surface area contributed by atoms with Gasteiger partial charge in [0, 0.05) is 29.6 Å². The fourth-order valence-corrected chi connectivity index (χ4v) is 3.61. The number of nitrogens with one attached hydrogen (secondary N) is 2. The Bertz CT molecular complexity index is 430. The second-order valence-corrected chi connectivity index (χ2v) is 6.87. The maximum absolute atomic E-state index is 4.55. The van der Waals surface area contributed by atoms with Crippen LogP contribution in [0.25, 0.3) is 0 Å². The summed E-state index contributed by atoms with van der Waals surface area (Å²) in [6.45, 7) is 6.07. The zero-order valence-electron chi connectivity index (χ0n) is 12.8. The first-order chi connectivity index (χ1) is 9.67. The monoisotopic (exact) mass is 294 g/mol. The second kappa shape index (κ2) is 7.16. The van der Waals surface area contributed by atoms with Crippen molar-refractivity contribution in [1.29, 1.82) is 0 Å². The largest absolute Gasteiger partial charge is 0.369 e. The van der Waals surface area contributed by atoms with Crippen molar-refractivity contribution in [3.63, 3.8) is 0 Å². The van der Waals surface area contributed by atoms with E-state index < -0.39 is 0 Å². The summed E-state index contributed by atoms with van der Waals surface area (Å²) in [6, 6.07) is 2.03. The zero-order valence-corrected chi connectivity index (χ0v) is 13.6. The molecule has 4 nitrogen and oxygen atoms in total. The lowest BCUT2D eigenvalue weighted by molar-refractivity contribution is 0.638. The van der Waals surface area contributed by atoms with Crippen molar-refractivity contribution in [2.45, 2.75) is 50.7 Å². The summed E-state index contributed by atoms with van der Waals surface area (Å²) < 4.78 is 0.399. The van der Waals surface area contributed by atoms with Gasteiger partial charge in [-0.1, -0.05) is 19.8 Å². The van der Waals surface area contributed by atoms with E-state index in [1.54, 1.807) is 0 Å². The summed E-state index contributed by atoms with van der Waals surface area (Å²) >= 11 is 2.00. The standard InChI is InChI=1S/C15H26N4S/c1-4-9-16-14-18-12(2)10-13(19-14)17-11-15(20-3)7-5-6-8-15/h10H,4-9,11H2,1-3H3,(H2,16,17,18,19). The molecule has 1 heterocycles. The normalized spacial score (nSPS) is 17.1. The third-order valence-electron chi connectivity index (χ3n) is 3.93. The van der Waals surface area contributed by atoms with Gasteiger partial charge in [-0.2, -0.15) is 16.7 Å². The quantitative estimate of drug-likeness (QED) is 0.803. The van der Waals surface area contributed by atoms with E-state index in [9.17, 15) is 0 Å². The fourth-order valence-electron chi connectivity index (χ4n) is 2.70. The van der Waals surface area contributed by atoms with Crippen molar-refractivity contribution in [2.24, 2.45) is 0 Å². The molecular formula is C15H26N4S. The Morgan fingerprint density at radius 1 is 1.25 bits per heavy atom. The second-order valence-electron chi connectivity index (χ2n) is 5.59.